The van der Waals surface area contributed by atoms with E-state index < -0.39 is 0 Å². The molecule has 3 heteroatoms. The summed E-state index contributed by atoms with van der Waals surface area (Å²) in [5, 5.41) is 3.63. The average Bonchev–Trinajstić information content (AvgIpc) is 1.98. The summed E-state index contributed by atoms with van der Waals surface area (Å²) in [6.45, 7) is 8.65. The van der Waals surface area contributed by atoms with E-state index in [0.29, 0.717) is 18.2 Å². The Morgan fingerprint density at radius 2 is 2.00 bits per heavy atom. The molecule has 1 unspecified atom stereocenters. The number of hydrogen-bond donors (Lipinski definition) is 1. The highest BCUT2D eigenvalue weighted by molar-refractivity contribution is 7.98. The maximum atomic E-state index is 5.90. The quantitative estimate of drug-likeness (QED) is 0.786. The molecule has 0 radical (unpaired) electrons. The van der Waals surface area contributed by atoms with Gasteiger partial charge in [-0.2, -0.15) is 11.8 Å². The Bertz CT molecular complexity index is 185. The Hall–Kier alpha value is 0.270. The standard InChI is InChI=1S/C12H25NOS/c1-9(8-15-5)13-10-6-11(7-10)14-12(2,3)4/h9-11,13H,6-8H2,1-5H3. The van der Waals surface area contributed by atoms with Crippen molar-refractivity contribution in [3.05, 3.63) is 0 Å². The second-order valence-corrected chi connectivity index (χ2v) is 6.45. The normalized spacial score (nSPS) is 28.6. The van der Waals surface area contributed by atoms with E-state index >= 15 is 0 Å². The predicted octanol–water partition coefficient (Wildman–Crippen LogP) is 2.67. The fraction of sp³-hybridized carbons (Fsp3) is 1.00. The summed E-state index contributed by atoms with van der Waals surface area (Å²) in [6.07, 6.45) is 4.99. The van der Waals surface area contributed by atoms with Crippen LogP contribution in [0.1, 0.15) is 40.5 Å². The van der Waals surface area contributed by atoms with Crippen molar-refractivity contribution in [2.24, 2.45) is 0 Å². The lowest BCUT2D eigenvalue weighted by atomic mass is 9.88. The minimum Gasteiger partial charge on any atom is -0.373 e. The average molecular weight is 231 g/mol. The van der Waals surface area contributed by atoms with Gasteiger partial charge in [-0.3, -0.25) is 0 Å². The molecule has 1 fully saturated rings. The molecule has 0 heterocycles. The van der Waals surface area contributed by atoms with Crippen LogP contribution in [0.5, 0.6) is 0 Å². The van der Waals surface area contributed by atoms with Crippen LogP contribution in [0, 0.1) is 0 Å². The first-order chi connectivity index (χ1) is 6.90. The van der Waals surface area contributed by atoms with Crippen LogP contribution in [0.2, 0.25) is 0 Å². The minimum absolute atomic E-state index is 0.0144. The number of ether oxygens (including phenoxy) is 1. The lowest BCUT2D eigenvalue weighted by molar-refractivity contribution is -0.103. The first-order valence-corrected chi connectivity index (χ1v) is 7.23. The maximum absolute atomic E-state index is 5.90. The molecular formula is C12H25NOS. The first-order valence-electron chi connectivity index (χ1n) is 5.83. The highest BCUT2D eigenvalue weighted by atomic mass is 32.2. The lowest BCUT2D eigenvalue weighted by Gasteiger charge is -2.40. The molecule has 1 aliphatic rings. The molecule has 1 aliphatic carbocycles. The highest BCUT2D eigenvalue weighted by Crippen LogP contribution is 2.28. The summed E-state index contributed by atoms with van der Waals surface area (Å²) >= 11 is 1.90. The zero-order chi connectivity index (χ0) is 11.5. The van der Waals surface area contributed by atoms with Gasteiger partial charge in [0.2, 0.25) is 0 Å². The molecule has 0 aromatic heterocycles. The summed E-state index contributed by atoms with van der Waals surface area (Å²) in [5.74, 6) is 1.20. The first kappa shape index (κ1) is 13.3. The number of thioether (sulfide) groups is 1. The third-order valence-electron chi connectivity index (χ3n) is 2.55. The molecule has 1 atom stereocenters. The molecule has 15 heavy (non-hydrogen) atoms. The summed E-state index contributed by atoms with van der Waals surface area (Å²) in [5.41, 5.74) is 0.0144. The van der Waals surface area contributed by atoms with Gasteiger partial charge in [0.25, 0.3) is 0 Å². The van der Waals surface area contributed by atoms with Crippen LogP contribution in [0.25, 0.3) is 0 Å². The van der Waals surface area contributed by atoms with Gasteiger partial charge in [-0.15, -0.1) is 0 Å². The van der Waals surface area contributed by atoms with Gasteiger partial charge in [0, 0.05) is 17.8 Å². The zero-order valence-electron chi connectivity index (χ0n) is 10.7. The number of nitrogens with one attached hydrogen (secondary N) is 1. The highest BCUT2D eigenvalue weighted by Gasteiger charge is 2.33. The molecular weight excluding hydrogens is 206 g/mol. The van der Waals surface area contributed by atoms with Gasteiger partial charge in [-0.05, 0) is 46.8 Å². The van der Waals surface area contributed by atoms with Crippen LogP contribution in [0.3, 0.4) is 0 Å². The van der Waals surface area contributed by atoms with Crippen LogP contribution in [-0.2, 0) is 4.74 Å². The van der Waals surface area contributed by atoms with Crippen molar-refractivity contribution in [2.45, 2.75) is 64.3 Å². The van der Waals surface area contributed by atoms with Crippen molar-refractivity contribution in [1.82, 2.24) is 5.32 Å². The van der Waals surface area contributed by atoms with Crippen molar-refractivity contribution >= 4 is 11.8 Å². The Labute approximate surface area is 98.5 Å². The monoisotopic (exact) mass is 231 g/mol. The van der Waals surface area contributed by atoms with Crippen molar-refractivity contribution < 1.29 is 4.74 Å². The van der Waals surface area contributed by atoms with E-state index in [0.717, 1.165) is 0 Å². The summed E-state index contributed by atoms with van der Waals surface area (Å²) in [7, 11) is 0. The minimum atomic E-state index is 0.0144. The van der Waals surface area contributed by atoms with E-state index in [1.807, 2.05) is 11.8 Å². The van der Waals surface area contributed by atoms with Crippen LogP contribution in [0.15, 0.2) is 0 Å². The zero-order valence-corrected chi connectivity index (χ0v) is 11.5. The third-order valence-corrected chi connectivity index (χ3v) is 3.39. The van der Waals surface area contributed by atoms with Crippen molar-refractivity contribution in [3.63, 3.8) is 0 Å². The van der Waals surface area contributed by atoms with Gasteiger partial charge in [0.1, 0.15) is 0 Å². The van der Waals surface area contributed by atoms with Gasteiger partial charge in [-0.25, -0.2) is 0 Å². The molecule has 0 amide bonds. The summed E-state index contributed by atoms with van der Waals surface area (Å²) < 4.78 is 5.90. The van der Waals surface area contributed by atoms with E-state index in [1.54, 1.807) is 0 Å². The van der Waals surface area contributed by atoms with Gasteiger partial charge in [0.05, 0.1) is 11.7 Å². The third kappa shape index (κ3) is 5.23. The molecule has 0 aromatic rings. The molecule has 0 aromatic carbocycles. The Morgan fingerprint density at radius 3 is 2.47 bits per heavy atom. The van der Waals surface area contributed by atoms with Crippen molar-refractivity contribution in [1.29, 1.82) is 0 Å². The lowest BCUT2D eigenvalue weighted by Crippen LogP contribution is -2.50. The topological polar surface area (TPSA) is 21.3 Å². The van der Waals surface area contributed by atoms with Crippen molar-refractivity contribution in [3.8, 4) is 0 Å². The Balaban J connectivity index is 2.10. The Morgan fingerprint density at radius 1 is 1.40 bits per heavy atom. The van der Waals surface area contributed by atoms with Crippen LogP contribution in [0.4, 0.5) is 0 Å². The van der Waals surface area contributed by atoms with E-state index in [4.69, 9.17) is 4.74 Å². The van der Waals surface area contributed by atoms with Gasteiger partial charge in [-0.1, -0.05) is 0 Å². The maximum Gasteiger partial charge on any atom is 0.0612 e. The second-order valence-electron chi connectivity index (χ2n) is 5.54. The number of rotatable bonds is 5. The van der Waals surface area contributed by atoms with E-state index in [9.17, 15) is 0 Å². The molecule has 0 bridgehead atoms. The van der Waals surface area contributed by atoms with Gasteiger partial charge >= 0.3 is 0 Å². The van der Waals surface area contributed by atoms with E-state index in [1.165, 1.54) is 18.6 Å². The predicted molar refractivity (Wildman–Crippen MR) is 68.6 cm³/mol. The molecule has 90 valence electrons. The SMILES string of the molecule is CSCC(C)NC1CC(OC(C)(C)C)C1. The molecule has 0 spiro atoms. The Kier molecular flexibility index (Phi) is 4.94. The van der Waals surface area contributed by atoms with E-state index in [-0.39, 0.29) is 5.60 Å². The molecule has 0 aliphatic heterocycles. The molecule has 1 N–H and O–H groups in total. The van der Waals surface area contributed by atoms with Gasteiger partial charge < -0.3 is 10.1 Å². The molecule has 0 saturated heterocycles. The summed E-state index contributed by atoms with van der Waals surface area (Å²) in [6, 6.07) is 1.31. The van der Waals surface area contributed by atoms with E-state index in [2.05, 4.69) is 39.3 Å². The molecule has 1 saturated carbocycles. The molecule has 2 nitrogen and oxygen atoms in total. The fourth-order valence-corrected chi connectivity index (χ4v) is 2.59. The van der Waals surface area contributed by atoms with Gasteiger partial charge in [0.15, 0.2) is 0 Å². The smallest absolute Gasteiger partial charge is 0.0612 e. The molecule has 1 rings (SSSR count). The van der Waals surface area contributed by atoms with Crippen LogP contribution in [-0.4, -0.2) is 35.8 Å². The fourth-order valence-electron chi connectivity index (χ4n) is 2.00. The second kappa shape index (κ2) is 5.55. The number of hydrogen-bond acceptors (Lipinski definition) is 3. The van der Waals surface area contributed by atoms with Crippen molar-refractivity contribution in [2.75, 3.05) is 12.0 Å². The van der Waals surface area contributed by atoms with Crippen LogP contribution < -0.4 is 5.32 Å². The largest absolute Gasteiger partial charge is 0.373 e. The summed E-state index contributed by atoms with van der Waals surface area (Å²) in [4.78, 5) is 0. The van der Waals surface area contributed by atoms with Crippen LogP contribution >= 0.6 is 11.8 Å².